The van der Waals surface area contributed by atoms with Gasteiger partial charge < -0.3 is 9.73 Å². The van der Waals surface area contributed by atoms with Crippen LogP contribution in [0.2, 0.25) is 0 Å². The zero-order valence-electron chi connectivity index (χ0n) is 14.2. The summed E-state index contributed by atoms with van der Waals surface area (Å²) in [7, 11) is 0. The summed E-state index contributed by atoms with van der Waals surface area (Å²) >= 11 is 2.17. The maximum absolute atomic E-state index is 12.0. The predicted octanol–water partition coefficient (Wildman–Crippen LogP) is 4.81. The first-order valence-electron chi connectivity index (χ1n) is 7.90. The molecule has 2 aromatic heterocycles. The summed E-state index contributed by atoms with van der Waals surface area (Å²) < 4.78 is 6.62. The highest BCUT2D eigenvalue weighted by atomic mass is 127. The van der Waals surface area contributed by atoms with Crippen molar-refractivity contribution in [1.29, 1.82) is 0 Å². The molecule has 0 saturated carbocycles. The smallest absolute Gasteiger partial charge is 0.280 e. The van der Waals surface area contributed by atoms with E-state index in [9.17, 15) is 14.9 Å². The van der Waals surface area contributed by atoms with E-state index < -0.39 is 4.92 Å². The van der Waals surface area contributed by atoms with E-state index in [1.807, 2.05) is 13.0 Å². The van der Waals surface area contributed by atoms with Gasteiger partial charge in [-0.1, -0.05) is 12.1 Å². The molecule has 1 amide bonds. The van der Waals surface area contributed by atoms with E-state index in [2.05, 4.69) is 32.9 Å². The van der Waals surface area contributed by atoms with Crippen molar-refractivity contribution < 1.29 is 14.1 Å². The fourth-order valence-electron chi connectivity index (χ4n) is 2.37. The number of amides is 1. The molecule has 0 unspecified atom stereocenters. The number of aryl methyl sites for hydroxylation is 1. The second kappa shape index (κ2) is 8.12. The number of anilines is 1. The summed E-state index contributed by atoms with van der Waals surface area (Å²) in [4.78, 5) is 27.0. The van der Waals surface area contributed by atoms with Crippen molar-refractivity contribution >= 4 is 46.1 Å². The van der Waals surface area contributed by atoms with Crippen molar-refractivity contribution in [1.82, 2.24) is 4.98 Å². The van der Waals surface area contributed by atoms with Crippen LogP contribution in [-0.2, 0) is 4.79 Å². The zero-order chi connectivity index (χ0) is 19.4. The van der Waals surface area contributed by atoms with Gasteiger partial charge in [0.15, 0.2) is 0 Å². The van der Waals surface area contributed by atoms with Gasteiger partial charge in [-0.25, -0.2) is 4.98 Å². The molecular weight excluding hydrogens is 461 g/mol. The number of carbonyl (C=O) groups excluding carboxylic acids is 1. The molecule has 1 N–H and O–H groups in total. The number of nitro groups is 1. The SMILES string of the molecule is Cc1nc(NC(=O)/C=C/c2ccc(-c3ccccc3[N+](=O)[O-])o2)ccc1I. The number of aromatic nitrogens is 1. The Labute approximate surface area is 168 Å². The molecule has 0 bridgehead atoms. The van der Waals surface area contributed by atoms with Crippen molar-refractivity contribution in [3.8, 4) is 11.3 Å². The van der Waals surface area contributed by atoms with Gasteiger partial charge in [-0.3, -0.25) is 14.9 Å². The number of hydrogen-bond donors (Lipinski definition) is 1. The van der Waals surface area contributed by atoms with Crippen molar-refractivity contribution in [2.45, 2.75) is 6.92 Å². The van der Waals surface area contributed by atoms with Crippen LogP contribution in [0.5, 0.6) is 0 Å². The van der Waals surface area contributed by atoms with Gasteiger partial charge >= 0.3 is 0 Å². The monoisotopic (exact) mass is 475 g/mol. The van der Waals surface area contributed by atoms with Gasteiger partial charge in [-0.2, -0.15) is 0 Å². The molecule has 3 rings (SSSR count). The number of nitrogens with one attached hydrogen (secondary N) is 1. The Morgan fingerprint density at radius 2 is 2.00 bits per heavy atom. The highest BCUT2D eigenvalue weighted by Crippen LogP contribution is 2.31. The number of furan rings is 1. The number of carbonyl (C=O) groups is 1. The van der Waals surface area contributed by atoms with Gasteiger partial charge in [0.05, 0.1) is 16.2 Å². The largest absolute Gasteiger partial charge is 0.456 e. The van der Waals surface area contributed by atoms with E-state index in [0.29, 0.717) is 22.9 Å². The van der Waals surface area contributed by atoms with Gasteiger partial charge in [0, 0.05) is 15.7 Å². The normalized spacial score (nSPS) is 10.9. The predicted molar refractivity (Wildman–Crippen MR) is 110 cm³/mol. The number of benzene rings is 1. The van der Waals surface area contributed by atoms with Crippen LogP contribution in [0.3, 0.4) is 0 Å². The molecule has 0 radical (unpaired) electrons. The van der Waals surface area contributed by atoms with E-state index in [0.717, 1.165) is 9.26 Å². The molecule has 0 spiro atoms. The lowest BCUT2D eigenvalue weighted by Gasteiger charge is -2.03. The average Bonchev–Trinajstić information content (AvgIpc) is 3.12. The number of halogens is 1. The molecule has 3 aromatic rings. The van der Waals surface area contributed by atoms with Crippen molar-refractivity contribution in [2.24, 2.45) is 0 Å². The van der Waals surface area contributed by atoms with E-state index in [4.69, 9.17) is 4.42 Å². The molecule has 0 fully saturated rings. The van der Waals surface area contributed by atoms with E-state index in [-0.39, 0.29) is 11.6 Å². The summed E-state index contributed by atoms with van der Waals surface area (Å²) in [5.41, 5.74) is 1.17. The second-order valence-electron chi connectivity index (χ2n) is 5.56. The Balaban J connectivity index is 1.73. The number of rotatable bonds is 5. The summed E-state index contributed by atoms with van der Waals surface area (Å²) in [6.07, 6.45) is 2.81. The standard InChI is InChI=1S/C19H14IN3O4/c1-12-15(20)8-10-18(21-12)22-19(24)11-7-13-6-9-17(27-13)14-4-2-3-5-16(14)23(25)26/h2-11H,1H3,(H,21,22,24)/b11-7+. The lowest BCUT2D eigenvalue weighted by Crippen LogP contribution is -2.09. The van der Waals surface area contributed by atoms with E-state index in [1.165, 1.54) is 18.2 Å². The molecule has 0 aliphatic rings. The molecule has 136 valence electrons. The second-order valence-corrected chi connectivity index (χ2v) is 6.72. The molecule has 7 nitrogen and oxygen atoms in total. The molecule has 2 heterocycles. The van der Waals surface area contributed by atoms with Crippen LogP contribution in [0, 0.1) is 20.6 Å². The molecule has 27 heavy (non-hydrogen) atoms. The molecular formula is C19H14IN3O4. The Hall–Kier alpha value is -3.01. The van der Waals surface area contributed by atoms with Gasteiger partial charge in [0.25, 0.3) is 5.69 Å². The van der Waals surface area contributed by atoms with Gasteiger partial charge in [0.2, 0.25) is 5.91 Å². The maximum Gasteiger partial charge on any atom is 0.280 e. The first-order chi connectivity index (χ1) is 12.9. The van der Waals surface area contributed by atoms with Gasteiger partial charge in [-0.15, -0.1) is 0 Å². The topological polar surface area (TPSA) is 98.3 Å². The van der Waals surface area contributed by atoms with Gasteiger partial charge in [0.1, 0.15) is 17.3 Å². The van der Waals surface area contributed by atoms with Crippen LogP contribution >= 0.6 is 22.6 Å². The fourth-order valence-corrected chi connectivity index (χ4v) is 2.67. The minimum absolute atomic E-state index is 0.0414. The van der Waals surface area contributed by atoms with Crippen LogP contribution in [-0.4, -0.2) is 15.8 Å². The number of para-hydroxylation sites is 1. The average molecular weight is 475 g/mol. The quantitative estimate of drug-likeness (QED) is 0.247. The van der Waals surface area contributed by atoms with Crippen LogP contribution in [0.4, 0.5) is 11.5 Å². The summed E-state index contributed by atoms with van der Waals surface area (Å²) in [5, 5.41) is 13.8. The number of nitro benzene ring substituents is 1. The van der Waals surface area contributed by atoms with E-state index >= 15 is 0 Å². The third-order valence-corrected chi connectivity index (χ3v) is 4.80. The molecule has 0 aliphatic heterocycles. The van der Waals surface area contributed by atoms with Gasteiger partial charge in [-0.05, 0) is 65.9 Å². The Morgan fingerprint density at radius 1 is 1.22 bits per heavy atom. The highest BCUT2D eigenvalue weighted by molar-refractivity contribution is 14.1. The summed E-state index contributed by atoms with van der Waals surface area (Å²) in [5.74, 6) is 0.872. The van der Waals surface area contributed by atoms with Crippen molar-refractivity contribution in [3.63, 3.8) is 0 Å². The van der Waals surface area contributed by atoms with Crippen LogP contribution in [0.15, 0.2) is 59.0 Å². The Morgan fingerprint density at radius 3 is 2.74 bits per heavy atom. The van der Waals surface area contributed by atoms with E-state index in [1.54, 1.807) is 36.4 Å². The zero-order valence-corrected chi connectivity index (χ0v) is 16.3. The molecule has 0 atom stereocenters. The minimum Gasteiger partial charge on any atom is -0.456 e. The van der Waals surface area contributed by atoms with Crippen molar-refractivity contribution in [2.75, 3.05) is 5.32 Å². The first kappa shape index (κ1) is 18.8. The third kappa shape index (κ3) is 4.59. The molecule has 1 aromatic carbocycles. The number of pyridine rings is 1. The van der Waals surface area contributed by atoms with Crippen LogP contribution in [0.25, 0.3) is 17.4 Å². The van der Waals surface area contributed by atoms with Crippen molar-refractivity contribution in [3.05, 3.63) is 79.7 Å². The lowest BCUT2D eigenvalue weighted by molar-refractivity contribution is -0.384. The Kier molecular flexibility index (Phi) is 5.65. The summed E-state index contributed by atoms with van der Waals surface area (Å²) in [6, 6.07) is 13.2. The number of hydrogen-bond acceptors (Lipinski definition) is 5. The lowest BCUT2D eigenvalue weighted by atomic mass is 10.1. The van der Waals surface area contributed by atoms with Crippen LogP contribution < -0.4 is 5.32 Å². The summed E-state index contributed by atoms with van der Waals surface area (Å²) in [6.45, 7) is 1.86. The molecule has 8 heteroatoms. The molecule has 0 aliphatic carbocycles. The maximum atomic E-state index is 12.0. The minimum atomic E-state index is -0.461. The van der Waals surface area contributed by atoms with Crippen LogP contribution in [0.1, 0.15) is 11.5 Å². The fraction of sp³-hybridized carbons (Fsp3) is 0.0526. The number of nitrogens with zero attached hydrogens (tertiary/aromatic N) is 2. The first-order valence-corrected chi connectivity index (χ1v) is 8.98. The molecule has 0 saturated heterocycles. The highest BCUT2D eigenvalue weighted by Gasteiger charge is 2.16. The Bertz CT molecular complexity index is 1040. The third-order valence-electron chi connectivity index (χ3n) is 3.66.